The highest BCUT2D eigenvalue weighted by molar-refractivity contribution is 6.02. The lowest BCUT2D eigenvalue weighted by atomic mass is 9.92. The van der Waals surface area contributed by atoms with E-state index in [9.17, 15) is 18.0 Å². The Morgan fingerprint density at radius 1 is 0.956 bits per heavy atom. The number of hydrogen-bond acceptors (Lipinski definition) is 4. The van der Waals surface area contributed by atoms with Crippen LogP contribution in [0.4, 0.5) is 13.2 Å². The molecule has 0 atom stereocenters. The number of amides is 1. The molecule has 3 aromatic rings. The number of carbonyl (C=O) groups excluding carboxylic acids is 1. The summed E-state index contributed by atoms with van der Waals surface area (Å²) in [7, 11) is 0. The number of ether oxygens (including phenoxy) is 1. The molecule has 0 radical (unpaired) electrons. The molecule has 0 unspecified atom stereocenters. The topological polar surface area (TPSA) is 78.9 Å². The van der Waals surface area contributed by atoms with E-state index >= 15 is 0 Å². The fourth-order valence-electron chi connectivity index (χ4n) is 5.41. The zero-order valence-electron chi connectivity index (χ0n) is 26.0. The number of aryl methyl sites for hydroxylation is 2. The van der Waals surface area contributed by atoms with Crippen molar-refractivity contribution in [3.05, 3.63) is 106 Å². The smallest absolute Gasteiger partial charge is 0.490 e. The van der Waals surface area contributed by atoms with Crippen molar-refractivity contribution in [1.82, 2.24) is 10.2 Å². The molecule has 1 amide bonds. The van der Waals surface area contributed by atoms with Gasteiger partial charge in [0.2, 0.25) is 0 Å². The van der Waals surface area contributed by atoms with Crippen LogP contribution in [0.2, 0.25) is 0 Å². The Labute approximate surface area is 262 Å². The highest BCUT2D eigenvalue weighted by atomic mass is 19.4. The number of aliphatic carboxylic acids is 1. The van der Waals surface area contributed by atoms with Gasteiger partial charge in [0.05, 0.1) is 6.61 Å². The third-order valence-corrected chi connectivity index (χ3v) is 8.17. The van der Waals surface area contributed by atoms with Crippen LogP contribution >= 0.6 is 0 Å². The quantitative estimate of drug-likeness (QED) is 0.259. The molecule has 2 N–H and O–H groups in total. The second-order valence-electron chi connectivity index (χ2n) is 11.7. The van der Waals surface area contributed by atoms with Crippen molar-refractivity contribution in [2.24, 2.45) is 0 Å². The maximum absolute atomic E-state index is 13.8. The van der Waals surface area contributed by atoms with Crippen LogP contribution in [-0.4, -0.2) is 60.3 Å². The van der Waals surface area contributed by atoms with Crippen LogP contribution in [0, 0.1) is 20.8 Å². The van der Waals surface area contributed by atoms with Crippen molar-refractivity contribution in [2.45, 2.75) is 65.1 Å². The minimum atomic E-state index is -5.08. The summed E-state index contributed by atoms with van der Waals surface area (Å²) >= 11 is 0. The van der Waals surface area contributed by atoms with E-state index in [1.165, 1.54) is 39.0 Å². The summed E-state index contributed by atoms with van der Waals surface area (Å²) in [6.07, 6.45) is -0.206. The minimum absolute atomic E-state index is 0.215. The average molecular weight is 623 g/mol. The lowest BCUT2D eigenvalue weighted by Gasteiger charge is -2.28. The Morgan fingerprint density at radius 3 is 2.22 bits per heavy atom. The third kappa shape index (κ3) is 9.69. The van der Waals surface area contributed by atoms with Crippen molar-refractivity contribution in [2.75, 3.05) is 26.2 Å². The summed E-state index contributed by atoms with van der Waals surface area (Å²) in [5, 5.41) is 10.6. The van der Waals surface area contributed by atoms with Crippen LogP contribution < -0.4 is 10.1 Å². The number of nitrogens with one attached hydrogen (secondary N) is 1. The molecule has 0 aromatic heterocycles. The number of hydrogen-bond donors (Lipinski definition) is 2. The van der Waals surface area contributed by atoms with E-state index in [1.54, 1.807) is 0 Å². The van der Waals surface area contributed by atoms with E-state index < -0.39 is 12.1 Å². The summed E-state index contributed by atoms with van der Waals surface area (Å²) in [6.45, 7) is 9.35. The van der Waals surface area contributed by atoms with Gasteiger partial charge in [0.1, 0.15) is 5.75 Å². The van der Waals surface area contributed by atoms with E-state index in [1.807, 2.05) is 6.07 Å². The molecular weight excluding hydrogens is 581 g/mol. The number of halogens is 3. The maximum Gasteiger partial charge on any atom is 0.490 e. The monoisotopic (exact) mass is 622 g/mol. The SMILES string of the molecule is Cc1cc(C)c(C)c(OCCc2ccc(C3=C(C(=O)N(CCc4ccccc4)C4CC4)CNCC3)cc2)c1.O=C(O)C(F)(F)F. The first-order chi connectivity index (χ1) is 21.4. The van der Waals surface area contributed by atoms with Crippen LogP contribution in [0.1, 0.15) is 52.6 Å². The summed E-state index contributed by atoms with van der Waals surface area (Å²) < 4.78 is 37.9. The number of carboxylic acid groups (broad SMARTS) is 1. The molecule has 5 rings (SSSR count). The number of carbonyl (C=O) groups is 2. The van der Waals surface area contributed by atoms with Gasteiger partial charge in [0.15, 0.2) is 0 Å². The lowest BCUT2D eigenvalue weighted by Crippen LogP contribution is -2.40. The van der Waals surface area contributed by atoms with Crippen LogP contribution in [-0.2, 0) is 22.4 Å². The highest BCUT2D eigenvalue weighted by Gasteiger charge is 2.38. The van der Waals surface area contributed by atoms with Gasteiger partial charge in [-0.3, -0.25) is 4.79 Å². The second kappa shape index (κ2) is 15.3. The third-order valence-electron chi connectivity index (χ3n) is 8.17. The molecule has 2 aliphatic rings. The van der Waals surface area contributed by atoms with Crippen molar-refractivity contribution >= 4 is 17.4 Å². The molecular formula is C36H41F3N2O4. The Bertz CT molecular complexity index is 1500. The van der Waals surface area contributed by atoms with Gasteiger partial charge in [-0.2, -0.15) is 13.2 Å². The van der Waals surface area contributed by atoms with Crippen LogP contribution in [0.15, 0.2) is 72.3 Å². The van der Waals surface area contributed by atoms with Gasteiger partial charge in [-0.1, -0.05) is 60.7 Å². The molecule has 6 nitrogen and oxygen atoms in total. The van der Waals surface area contributed by atoms with Gasteiger partial charge in [-0.05, 0) is 98.0 Å². The molecule has 1 fully saturated rings. The first-order valence-corrected chi connectivity index (χ1v) is 15.3. The fourth-order valence-corrected chi connectivity index (χ4v) is 5.41. The molecule has 0 bridgehead atoms. The standard InChI is InChI=1S/C34H40N2O2.C2HF3O2/c1-24-21-25(2)26(3)33(22-24)38-20-17-28-9-11-29(12-10-28)31-15-18-35-23-32(31)34(37)36(30-13-14-30)19-16-27-7-5-4-6-8-27;3-2(4,5)1(6)7/h4-12,21-22,30,35H,13-20,23H2,1-3H3;(H,6,7). The van der Waals surface area contributed by atoms with E-state index in [4.69, 9.17) is 14.6 Å². The van der Waals surface area contributed by atoms with Crippen LogP contribution in [0.5, 0.6) is 5.75 Å². The molecule has 1 aliphatic heterocycles. The van der Waals surface area contributed by atoms with E-state index in [0.29, 0.717) is 19.2 Å². The largest absolute Gasteiger partial charge is 0.493 e. The molecule has 1 saturated carbocycles. The Balaban J connectivity index is 0.000000591. The van der Waals surface area contributed by atoms with Crippen LogP contribution in [0.25, 0.3) is 5.57 Å². The maximum atomic E-state index is 13.8. The Kier molecular flexibility index (Phi) is 11.4. The first-order valence-electron chi connectivity index (χ1n) is 15.3. The number of alkyl halides is 3. The van der Waals surface area contributed by atoms with Gasteiger partial charge in [-0.25, -0.2) is 4.79 Å². The molecule has 0 spiro atoms. The van der Waals surface area contributed by atoms with Gasteiger partial charge in [0, 0.05) is 31.1 Å². The van der Waals surface area contributed by atoms with Crippen molar-refractivity contribution in [3.8, 4) is 5.75 Å². The molecule has 1 heterocycles. The molecule has 240 valence electrons. The average Bonchev–Trinajstić information content (AvgIpc) is 3.86. The summed E-state index contributed by atoms with van der Waals surface area (Å²) in [6, 6.07) is 24.0. The molecule has 3 aromatic carbocycles. The molecule has 0 saturated heterocycles. The zero-order chi connectivity index (χ0) is 32.6. The van der Waals surface area contributed by atoms with E-state index in [2.05, 4.69) is 91.7 Å². The van der Waals surface area contributed by atoms with Gasteiger partial charge >= 0.3 is 12.1 Å². The molecule has 1 aliphatic carbocycles. The molecule has 9 heteroatoms. The predicted molar refractivity (Wildman–Crippen MR) is 169 cm³/mol. The number of carboxylic acids is 1. The predicted octanol–water partition coefficient (Wildman–Crippen LogP) is 6.85. The normalized spacial score (nSPS) is 14.8. The van der Waals surface area contributed by atoms with Crippen LogP contribution in [0.3, 0.4) is 0 Å². The van der Waals surface area contributed by atoms with E-state index in [-0.39, 0.29) is 5.91 Å². The van der Waals surface area contributed by atoms with Gasteiger partial charge in [-0.15, -0.1) is 0 Å². The number of rotatable bonds is 10. The second-order valence-corrected chi connectivity index (χ2v) is 11.7. The zero-order valence-corrected chi connectivity index (χ0v) is 26.0. The summed E-state index contributed by atoms with van der Waals surface area (Å²) in [5.74, 6) is -1.56. The Morgan fingerprint density at radius 2 is 1.60 bits per heavy atom. The molecule has 45 heavy (non-hydrogen) atoms. The van der Waals surface area contributed by atoms with Gasteiger partial charge in [0.25, 0.3) is 5.91 Å². The summed E-state index contributed by atoms with van der Waals surface area (Å²) in [4.78, 5) is 24.8. The van der Waals surface area contributed by atoms with Crippen molar-refractivity contribution < 1.29 is 32.6 Å². The fraction of sp³-hybridized carbons (Fsp3) is 0.389. The minimum Gasteiger partial charge on any atom is -0.493 e. The lowest BCUT2D eigenvalue weighted by molar-refractivity contribution is -0.192. The summed E-state index contributed by atoms with van der Waals surface area (Å²) in [5.41, 5.74) is 9.56. The van der Waals surface area contributed by atoms with Crippen molar-refractivity contribution in [1.29, 1.82) is 0 Å². The Hall–Kier alpha value is -4.11. The number of nitrogens with zero attached hydrogens (tertiary/aromatic N) is 1. The van der Waals surface area contributed by atoms with Gasteiger partial charge < -0.3 is 20.1 Å². The van der Waals surface area contributed by atoms with Crippen molar-refractivity contribution in [3.63, 3.8) is 0 Å². The highest BCUT2D eigenvalue weighted by Crippen LogP contribution is 2.32. The first kappa shape index (κ1) is 33.8. The van der Waals surface area contributed by atoms with E-state index in [0.717, 1.165) is 56.5 Å². The number of benzene rings is 3.